The van der Waals surface area contributed by atoms with Gasteiger partial charge in [-0.05, 0) is 42.3 Å². The first kappa shape index (κ1) is 18.6. The lowest BCUT2D eigenvalue weighted by Gasteiger charge is -2.05. The number of anilines is 1. The summed E-state index contributed by atoms with van der Waals surface area (Å²) in [5.74, 6) is 0.104. The number of aromatic amines is 1. The summed E-state index contributed by atoms with van der Waals surface area (Å²) in [7, 11) is -3.36. The molecule has 0 atom stereocenters. The summed E-state index contributed by atoms with van der Waals surface area (Å²) in [6.07, 6.45) is 0.563. The van der Waals surface area contributed by atoms with Crippen molar-refractivity contribution in [1.82, 2.24) is 4.98 Å². The molecule has 4 nitrogen and oxygen atoms in total. The standard InChI is InChI=1S/C17H17ClN2O2S.ClH/c1-2-7-23(21,22)17-9-13(19)8-16-14(17)10-15(20-16)11-3-5-12(18)6-4-11;/h3-6,8-10,20H,2,7,19H2,1H3;1H. The lowest BCUT2D eigenvalue weighted by molar-refractivity contribution is 0.595. The number of hydrogen-bond donors (Lipinski definition) is 2. The Labute approximate surface area is 152 Å². The quantitative estimate of drug-likeness (QED) is 0.641. The van der Waals surface area contributed by atoms with Crippen molar-refractivity contribution in [3.63, 3.8) is 0 Å². The third kappa shape index (κ3) is 3.53. The zero-order chi connectivity index (χ0) is 16.6. The average molecular weight is 385 g/mol. The normalized spacial score (nSPS) is 11.4. The molecule has 0 aliphatic carbocycles. The van der Waals surface area contributed by atoms with E-state index in [0.717, 1.165) is 11.3 Å². The molecule has 128 valence electrons. The summed E-state index contributed by atoms with van der Waals surface area (Å²) < 4.78 is 25.0. The zero-order valence-electron chi connectivity index (χ0n) is 13.0. The van der Waals surface area contributed by atoms with Crippen LogP contribution in [-0.2, 0) is 9.84 Å². The average Bonchev–Trinajstić information content (AvgIpc) is 2.90. The first-order valence-electron chi connectivity index (χ1n) is 7.31. The Morgan fingerprint density at radius 1 is 1.12 bits per heavy atom. The third-order valence-electron chi connectivity index (χ3n) is 3.69. The maximum absolute atomic E-state index is 12.5. The number of aromatic nitrogens is 1. The summed E-state index contributed by atoms with van der Waals surface area (Å²) in [5.41, 5.74) is 8.79. The van der Waals surface area contributed by atoms with Gasteiger partial charge in [-0.2, -0.15) is 0 Å². The highest BCUT2D eigenvalue weighted by Gasteiger charge is 2.19. The van der Waals surface area contributed by atoms with E-state index < -0.39 is 9.84 Å². The van der Waals surface area contributed by atoms with E-state index in [-0.39, 0.29) is 23.1 Å². The van der Waals surface area contributed by atoms with Crippen molar-refractivity contribution in [2.75, 3.05) is 11.5 Å². The van der Waals surface area contributed by atoms with E-state index in [4.69, 9.17) is 17.3 Å². The Balaban J connectivity index is 0.00000208. The van der Waals surface area contributed by atoms with Crippen molar-refractivity contribution < 1.29 is 8.42 Å². The SMILES string of the molecule is CCCS(=O)(=O)c1cc(N)cc2[nH]c(-c3ccc(Cl)cc3)cc12.Cl. The monoisotopic (exact) mass is 384 g/mol. The van der Waals surface area contributed by atoms with E-state index in [0.29, 0.717) is 28.0 Å². The molecule has 1 heterocycles. The summed E-state index contributed by atoms with van der Waals surface area (Å²) in [4.78, 5) is 3.52. The molecular formula is C17H18Cl2N2O2S. The van der Waals surface area contributed by atoms with Gasteiger partial charge in [0.1, 0.15) is 0 Å². The van der Waals surface area contributed by atoms with Crippen LogP contribution >= 0.6 is 24.0 Å². The van der Waals surface area contributed by atoms with E-state index in [9.17, 15) is 8.42 Å². The molecule has 0 fully saturated rings. The van der Waals surface area contributed by atoms with Gasteiger partial charge in [0.2, 0.25) is 0 Å². The Morgan fingerprint density at radius 3 is 2.42 bits per heavy atom. The molecule has 0 saturated heterocycles. The fourth-order valence-electron chi connectivity index (χ4n) is 2.65. The summed E-state index contributed by atoms with van der Waals surface area (Å²) in [6, 6.07) is 12.5. The predicted octanol–water partition coefficient (Wildman–Crippen LogP) is 4.68. The molecule has 3 aromatic rings. The van der Waals surface area contributed by atoms with Crippen molar-refractivity contribution in [2.24, 2.45) is 0 Å². The summed E-state index contributed by atoms with van der Waals surface area (Å²) in [5, 5.41) is 1.32. The van der Waals surface area contributed by atoms with Gasteiger partial charge in [-0.1, -0.05) is 30.7 Å². The number of sulfone groups is 1. The maximum atomic E-state index is 12.5. The highest BCUT2D eigenvalue weighted by atomic mass is 35.5. The van der Waals surface area contributed by atoms with Crippen molar-refractivity contribution in [2.45, 2.75) is 18.2 Å². The fourth-order valence-corrected chi connectivity index (χ4v) is 4.35. The van der Waals surface area contributed by atoms with Crippen molar-refractivity contribution >= 4 is 50.4 Å². The van der Waals surface area contributed by atoms with Crippen molar-refractivity contribution in [3.05, 3.63) is 47.5 Å². The smallest absolute Gasteiger partial charge is 0.179 e. The predicted molar refractivity (Wildman–Crippen MR) is 103 cm³/mol. The van der Waals surface area contributed by atoms with Gasteiger partial charge in [0.05, 0.1) is 10.6 Å². The topological polar surface area (TPSA) is 75.9 Å². The fraction of sp³-hybridized carbons (Fsp3) is 0.176. The zero-order valence-corrected chi connectivity index (χ0v) is 15.4. The van der Waals surface area contributed by atoms with Crippen LogP contribution in [0.15, 0.2) is 47.4 Å². The van der Waals surface area contributed by atoms with Gasteiger partial charge in [0, 0.05) is 27.3 Å². The molecule has 2 aromatic carbocycles. The lowest BCUT2D eigenvalue weighted by Crippen LogP contribution is -2.06. The first-order valence-corrected chi connectivity index (χ1v) is 9.34. The lowest BCUT2D eigenvalue weighted by atomic mass is 10.1. The summed E-state index contributed by atoms with van der Waals surface area (Å²) >= 11 is 5.91. The van der Waals surface area contributed by atoms with E-state index in [1.54, 1.807) is 18.2 Å². The van der Waals surface area contributed by atoms with Crippen molar-refractivity contribution in [1.29, 1.82) is 0 Å². The number of rotatable bonds is 4. The van der Waals surface area contributed by atoms with Gasteiger partial charge in [-0.15, -0.1) is 12.4 Å². The van der Waals surface area contributed by atoms with Crippen LogP contribution in [0.25, 0.3) is 22.2 Å². The van der Waals surface area contributed by atoms with Crippen LogP contribution in [0.3, 0.4) is 0 Å². The number of nitrogens with one attached hydrogen (secondary N) is 1. The molecule has 0 aliphatic heterocycles. The molecule has 0 spiro atoms. The number of nitrogen functional groups attached to an aromatic ring is 1. The number of hydrogen-bond acceptors (Lipinski definition) is 3. The second kappa shape index (κ2) is 7.05. The van der Waals surface area contributed by atoms with Crippen LogP contribution in [-0.4, -0.2) is 19.2 Å². The Bertz CT molecular complexity index is 964. The Morgan fingerprint density at radius 2 is 1.79 bits per heavy atom. The van der Waals surface area contributed by atoms with Crippen LogP contribution in [0.1, 0.15) is 13.3 Å². The van der Waals surface area contributed by atoms with Gasteiger partial charge in [-0.25, -0.2) is 8.42 Å². The van der Waals surface area contributed by atoms with E-state index in [2.05, 4.69) is 4.98 Å². The van der Waals surface area contributed by atoms with Crippen molar-refractivity contribution in [3.8, 4) is 11.3 Å². The molecule has 3 N–H and O–H groups in total. The largest absolute Gasteiger partial charge is 0.399 e. The summed E-state index contributed by atoms with van der Waals surface area (Å²) in [6.45, 7) is 1.84. The molecule has 0 amide bonds. The minimum atomic E-state index is -3.36. The Kier molecular flexibility index (Phi) is 5.48. The molecule has 3 rings (SSSR count). The molecule has 24 heavy (non-hydrogen) atoms. The molecule has 0 aliphatic rings. The van der Waals surface area contributed by atoms with E-state index >= 15 is 0 Å². The highest BCUT2D eigenvalue weighted by Crippen LogP contribution is 2.32. The number of halogens is 2. The molecule has 0 unspecified atom stereocenters. The molecular weight excluding hydrogens is 367 g/mol. The van der Waals surface area contributed by atoms with E-state index in [1.807, 2.05) is 25.1 Å². The minimum Gasteiger partial charge on any atom is -0.399 e. The highest BCUT2D eigenvalue weighted by molar-refractivity contribution is 7.91. The van der Waals surface area contributed by atoms with Gasteiger partial charge >= 0.3 is 0 Å². The molecule has 0 bridgehead atoms. The van der Waals surface area contributed by atoms with E-state index in [1.165, 1.54) is 6.07 Å². The number of benzene rings is 2. The van der Waals surface area contributed by atoms with Gasteiger partial charge in [-0.3, -0.25) is 0 Å². The van der Waals surface area contributed by atoms with Crippen LogP contribution < -0.4 is 5.73 Å². The first-order chi connectivity index (χ1) is 10.9. The van der Waals surface area contributed by atoms with Crippen LogP contribution in [0, 0.1) is 0 Å². The maximum Gasteiger partial charge on any atom is 0.179 e. The minimum absolute atomic E-state index is 0. The number of fused-ring (bicyclic) bond motifs is 1. The van der Waals surface area contributed by atoms with Crippen LogP contribution in [0.5, 0.6) is 0 Å². The second-order valence-electron chi connectivity index (χ2n) is 5.49. The van der Waals surface area contributed by atoms with Crippen LogP contribution in [0.4, 0.5) is 5.69 Å². The molecule has 1 aromatic heterocycles. The molecule has 7 heteroatoms. The number of H-pyrrole nitrogens is 1. The second-order valence-corrected chi connectivity index (χ2v) is 8.00. The Hall–Kier alpha value is -1.69. The van der Waals surface area contributed by atoms with Gasteiger partial charge < -0.3 is 10.7 Å². The number of nitrogens with two attached hydrogens (primary N) is 1. The third-order valence-corrected chi connectivity index (χ3v) is 5.89. The molecule has 0 radical (unpaired) electrons. The van der Waals surface area contributed by atoms with Crippen LogP contribution in [0.2, 0.25) is 5.02 Å². The van der Waals surface area contributed by atoms with Gasteiger partial charge in [0.15, 0.2) is 9.84 Å². The molecule has 0 saturated carbocycles. The van der Waals surface area contributed by atoms with Gasteiger partial charge in [0.25, 0.3) is 0 Å².